The molecule has 0 amide bonds. The van der Waals surface area contributed by atoms with Crippen molar-refractivity contribution in [3.63, 3.8) is 0 Å². The molecule has 1 N–H and O–H groups in total. The summed E-state index contributed by atoms with van der Waals surface area (Å²) in [5.41, 5.74) is 0. The number of carboxylic acids is 1. The molecule has 1 aliphatic rings. The van der Waals surface area contributed by atoms with Crippen LogP contribution in [0.15, 0.2) is 0 Å². The lowest BCUT2D eigenvalue weighted by atomic mass is 9.86. The van der Waals surface area contributed by atoms with Crippen LogP contribution in [0.4, 0.5) is 13.2 Å². The third kappa shape index (κ3) is 3.33. The highest BCUT2D eigenvalue weighted by atomic mass is 19.4. The number of aliphatic carboxylic acids is 1. The number of carboxylic acid groups (broad SMARTS) is 1. The summed E-state index contributed by atoms with van der Waals surface area (Å²) in [5, 5.41) is 17.1. The van der Waals surface area contributed by atoms with Crippen molar-refractivity contribution < 1.29 is 23.1 Å². The summed E-state index contributed by atoms with van der Waals surface area (Å²) in [5.74, 6) is -3.62. The van der Waals surface area contributed by atoms with Crippen LogP contribution in [0.5, 0.6) is 0 Å². The standard InChI is InChI=1S/C10H13F3N2O2/c1-6(9(16)17)7-3-15(4-7)5-8(2-14)10(11,12)13/h6-8H,3-5H2,1H3,(H,16,17). The van der Waals surface area contributed by atoms with Crippen LogP contribution in [0.25, 0.3) is 0 Å². The second-order valence-corrected chi connectivity index (χ2v) is 4.33. The van der Waals surface area contributed by atoms with Crippen LogP contribution in [0, 0.1) is 29.1 Å². The third-order valence-electron chi connectivity index (χ3n) is 3.07. The van der Waals surface area contributed by atoms with E-state index in [1.54, 1.807) is 0 Å². The van der Waals surface area contributed by atoms with E-state index in [1.807, 2.05) is 0 Å². The van der Waals surface area contributed by atoms with E-state index in [2.05, 4.69) is 0 Å². The summed E-state index contributed by atoms with van der Waals surface area (Å²) >= 11 is 0. The predicted octanol–water partition coefficient (Wildman–Crippen LogP) is 1.34. The van der Waals surface area contributed by atoms with Crippen molar-refractivity contribution in [1.29, 1.82) is 5.26 Å². The van der Waals surface area contributed by atoms with Crippen LogP contribution in [0.3, 0.4) is 0 Å². The van der Waals surface area contributed by atoms with Crippen molar-refractivity contribution in [2.45, 2.75) is 13.1 Å². The number of likely N-dealkylation sites (tertiary alicyclic amines) is 1. The second-order valence-electron chi connectivity index (χ2n) is 4.33. The maximum atomic E-state index is 12.3. The molecule has 2 unspecified atom stereocenters. The highest BCUT2D eigenvalue weighted by Crippen LogP contribution is 2.30. The van der Waals surface area contributed by atoms with Gasteiger partial charge in [-0.1, -0.05) is 6.92 Å². The summed E-state index contributed by atoms with van der Waals surface area (Å²) in [6.07, 6.45) is -4.52. The fraction of sp³-hybridized carbons (Fsp3) is 0.800. The van der Waals surface area contributed by atoms with Crippen molar-refractivity contribution in [2.24, 2.45) is 17.8 Å². The SMILES string of the molecule is CC(C(=O)O)C1CN(CC(C#N)C(F)(F)F)C1. The first-order valence-electron chi connectivity index (χ1n) is 5.17. The molecule has 96 valence electrons. The first kappa shape index (κ1) is 13.8. The van der Waals surface area contributed by atoms with E-state index in [4.69, 9.17) is 10.4 Å². The van der Waals surface area contributed by atoms with Crippen LogP contribution in [-0.2, 0) is 4.79 Å². The average Bonchev–Trinajstić information content (AvgIpc) is 2.13. The van der Waals surface area contributed by atoms with E-state index < -0.39 is 24.0 Å². The summed E-state index contributed by atoms with van der Waals surface area (Å²) in [6, 6.07) is 1.22. The summed E-state index contributed by atoms with van der Waals surface area (Å²) in [6.45, 7) is 1.78. The van der Waals surface area contributed by atoms with Gasteiger partial charge in [-0.25, -0.2) is 0 Å². The van der Waals surface area contributed by atoms with E-state index in [1.165, 1.54) is 17.9 Å². The number of halogens is 3. The molecule has 1 fully saturated rings. The Labute approximate surface area is 96.6 Å². The van der Waals surface area contributed by atoms with E-state index in [0.717, 1.165) is 0 Å². The molecule has 0 saturated carbocycles. The van der Waals surface area contributed by atoms with Crippen molar-refractivity contribution in [3.8, 4) is 6.07 Å². The Morgan fingerprint density at radius 1 is 1.59 bits per heavy atom. The van der Waals surface area contributed by atoms with E-state index in [-0.39, 0.29) is 12.5 Å². The molecule has 0 spiro atoms. The van der Waals surface area contributed by atoms with Crippen LogP contribution in [-0.4, -0.2) is 41.8 Å². The number of hydrogen-bond acceptors (Lipinski definition) is 3. The molecule has 0 aromatic carbocycles. The van der Waals surface area contributed by atoms with Gasteiger partial charge in [0.15, 0.2) is 5.92 Å². The number of nitriles is 1. The van der Waals surface area contributed by atoms with Gasteiger partial charge >= 0.3 is 12.1 Å². The van der Waals surface area contributed by atoms with Crippen molar-refractivity contribution in [2.75, 3.05) is 19.6 Å². The van der Waals surface area contributed by atoms with Gasteiger partial charge in [0.1, 0.15) is 0 Å². The fourth-order valence-electron chi connectivity index (χ4n) is 1.75. The molecule has 0 radical (unpaired) electrons. The zero-order valence-electron chi connectivity index (χ0n) is 9.24. The van der Waals surface area contributed by atoms with Crippen molar-refractivity contribution >= 4 is 5.97 Å². The molecular weight excluding hydrogens is 237 g/mol. The van der Waals surface area contributed by atoms with Gasteiger partial charge in [-0.3, -0.25) is 4.79 Å². The minimum atomic E-state index is -4.52. The lowest BCUT2D eigenvalue weighted by molar-refractivity contribution is -0.169. The molecule has 0 aromatic heterocycles. The first-order chi connectivity index (χ1) is 7.75. The van der Waals surface area contributed by atoms with E-state index in [9.17, 15) is 18.0 Å². The van der Waals surface area contributed by atoms with Gasteiger partial charge < -0.3 is 10.0 Å². The van der Waals surface area contributed by atoms with Gasteiger partial charge in [-0.15, -0.1) is 0 Å². The summed E-state index contributed by atoms with van der Waals surface area (Å²) in [7, 11) is 0. The fourth-order valence-corrected chi connectivity index (χ4v) is 1.75. The molecule has 1 heterocycles. The molecule has 7 heteroatoms. The van der Waals surface area contributed by atoms with Crippen molar-refractivity contribution in [3.05, 3.63) is 0 Å². The van der Waals surface area contributed by atoms with E-state index in [0.29, 0.717) is 13.1 Å². The molecule has 0 bridgehead atoms. The monoisotopic (exact) mass is 250 g/mol. The topological polar surface area (TPSA) is 64.3 Å². The molecule has 2 atom stereocenters. The lowest BCUT2D eigenvalue weighted by Gasteiger charge is -2.42. The number of alkyl halides is 3. The molecule has 1 rings (SSSR count). The molecular formula is C10H13F3N2O2. The maximum Gasteiger partial charge on any atom is 0.405 e. The van der Waals surface area contributed by atoms with Crippen LogP contribution >= 0.6 is 0 Å². The minimum absolute atomic E-state index is 0.125. The second kappa shape index (κ2) is 4.92. The minimum Gasteiger partial charge on any atom is -0.481 e. The summed E-state index contributed by atoms with van der Waals surface area (Å²) in [4.78, 5) is 12.1. The van der Waals surface area contributed by atoms with Crippen LogP contribution < -0.4 is 0 Å². The molecule has 4 nitrogen and oxygen atoms in total. The van der Waals surface area contributed by atoms with Gasteiger partial charge in [-0.2, -0.15) is 18.4 Å². The normalized spacial score (nSPS) is 21.4. The van der Waals surface area contributed by atoms with E-state index >= 15 is 0 Å². The molecule has 1 aliphatic heterocycles. The lowest BCUT2D eigenvalue weighted by Crippen LogP contribution is -2.53. The predicted molar refractivity (Wildman–Crippen MR) is 51.9 cm³/mol. The smallest absolute Gasteiger partial charge is 0.405 e. The Bertz CT molecular complexity index is 331. The van der Waals surface area contributed by atoms with Crippen LogP contribution in [0.2, 0.25) is 0 Å². The van der Waals surface area contributed by atoms with Gasteiger partial charge in [0, 0.05) is 19.6 Å². The Morgan fingerprint density at radius 2 is 2.12 bits per heavy atom. The van der Waals surface area contributed by atoms with Gasteiger partial charge in [0.05, 0.1) is 12.0 Å². The number of hydrogen-bond donors (Lipinski definition) is 1. The maximum absolute atomic E-state index is 12.3. The van der Waals surface area contributed by atoms with Gasteiger partial charge in [0.25, 0.3) is 0 Å². The Hall–Kier alpha value is -1.29. The molecule has 17 heavy (non-hydrogen) atoms. The molecule has 0 aromatic rings. The van der Waals surface area contributed by atoms with Gasteiger partial charge in [-0.05, 0) is 5.92 Å². The first-order valence-corrected chi connectivity index (χ1v) is 5.17. The highest BCUT2D eigenvalue weighted by molar-refractivity contribution is 5.70. The van der Waals surface area contributed by atoms with Crippen molar-refractivity contribution in [1.82, 2.24) is 4.90 Å². The van der Waals surface area contributed by atoms with Crippen LogP contribution in [0.1, 0.15) is 6.92 Å². The Morgan fingerprint density at radius 3 is 2.47 bits per heavy atom. The summed E-state index contributed by atoms with van der Waals surface area (Å²) < 4.78 is 36.8. The van der Waals surface area contributed by atoms with Gasteiger partial charge in [0.2, 0.25) is 0 Å². The number of rotatable bonds is 4. The highest BCUT2D eigenvalue weighted by Gasteiger charge is 2.44. The number of nitrogens with zero attached hydrogens (tertiary/aromatic N) is 2. The third-order valence-corrected chi connectivity index (χ3v) is 3.07. The Balaban J connectivity index is 2.40. The number of carbonyl (C=O) groups is 1. The zero-order valence-corrected chi connectivity index (χ0v) is 9.24. The molecule has 0 aliphatic carbocycles. The average molecular weight is 250 g/mol. The molecule has 1 saturated heterocycles. The Kier molecular flexibility index (Phi) is 3.98. The quantitative estimate of drug-likeness (QED) is 0.817. The zero-order chi connectivity index (χ0) is 13.2. The largest absolute Gasteiger partial charge is 0.481 e.